The fourth-order valence-corrected chi connectivity index (χ4v) is 4.24. The predicted octanol–water partition coefficient (Wildman–Crippen LogP) is 2.19. The number of amides is 1. The molecule has 154 valence electrons. The van der Waals surface area contributed by atoms with Crippen molar-refractivity contribution in [1.29, 1.82) is 0 Å². The number of hydrogen-bond donors (Lipinski definition) is 1. The molecular formula is C21H30N2O5. The number of carbonyl (C=O) groups excluding carboxylic acids is 1. The molecule has 0 bridgehead atoms. The Morgan fingerprint density at radius 1 is 1.11 bits per heavy atom. The summed E-state index contributed by atoms with van der Waals surface area (Å²) in [6.45, 7) is 5.83. The van der Waals surface area contributed by atoms with Crippen molar-refractivity contribution in [3.8, 4) is 17.2 Å². The Morgan fingerprint density at radius 3 is 2.71 bits per heavy atom. The van der Waals surface area contributed by atoms with Gasteiger partial charge in [0.05, 0.1) is 0 Å². The maximum atomic E-state index is 12.4. The molecule has 2 saturated heterocycles. The minimum atomic E-state index is -0.0952. The normalized spacial score (nSPS) is 21.3. The lowest BCUT2D eigenvalue weighted by molar-refractivity contribution is -0.124. The van der Waals surface area contributed by atoms with Crippen LogP contribution >= 0.6 is 0 Å². The van der Waals surface area contributed by atoms with Crippen LogP contribution in [0.3, 0.4) is 0 Å². The lowest BCUT2D eigenvalue weighted by atomic mass is 9.79. The molecule has 1 aromatic rings. The van der Waals surface area contributed by atoms with E-state index in [9.17, 15) is 4.79 Å². The first kappa shape index (κ1) is 19.3. The number of nitrogens with zero attached hydrogens (tertiary/aromatic N) is 1. The number of benzene rings is 1. The number of likely N-dealkylation sites (tertiary alicyclic amines) is 1. The van der Waals surface area contributed by atoms with Crippen molar-refractivity contribution in [2.24, 2.45) is 5.41 Å². The molecule has 3 heterocycles. The molecule has 1 N–H and O–H groups in total. The first-order valence-corrected chi connectivity index (χ1v) is 10.3. The molecular weight excluding hydrogens is 360 g/mol. The number of carbonyl (C=O) groups is 1. The zero-order chi connectivity index (χ0) is 19.2. The molecule has 0 unspecified atom stereocenters. The van der Waals surface area contributed by atoms with Gasteiger partial charge in [-0.2, -0.15) is 0 Å². The maximum absolute atomic E-state index is 12.4. The Hall–Kier alpha value is -1.99. The fourth-order valence-electron chi connectivity index (χ4n) is 4.24. The summed E-state index contributed by atoms with van der Waals surface area (Å²) in [5, 5.41) is 3.10. The highest BCUT2D eigenvalue weighted by molar-refractivity contribution is 5.77. The van der Waals surface area contributed by atoms with Gasteiger partial charge in [0.15, 0.2) is 18.1 Å². The highest BCUT2D eigenvalue weighted by atomic mass is 16.7. The van der Waals surface area contributed by atoms with Gasteiger partial charge in [-0.1, -0.05) is 6.42 Å². The Morgan fingerprint density at radius 2 is 1.89 bits per heavy atom. The molecule has 0 saturated carbocycles. The number of hydrogen-bond acceptors (Lipinski definition) is 6. The van der Waals surface area contributed by atoms with Crippen LogP contribution in [0.4, 0.5) is 0 Å². The van der Waals surface area contributed by atoms with Crippen LogP contribution in [0.25, 0.3) is 0 Å². The van der Waals surface area contributed by atoms with Crippen LogP contribution in [-0.2, 0) is 9.53 Å². The maximum Gasteiger partial charge on any atom is 0.257 e. The zero-order valence-electron chi connectivity index (χ0n) is 16.4. The molecule has 7 heteroatoms. The van der Waals surface area contributed by atoms with Gasteiger partial charge in [-0.25, -0.2) is 0 Å². The predicted molar refractivity (Wildman–Crippen MR) is 104 cm³/mol. The lowest BCUT2D eigenvalue weighted by Crippen LogP contribution is -2.50. The van der Waals surface area contributed by atoms with E-state index < -0.39 is 0 Å². The molecule has 0 radical (unpaired) electrons. The van der Waals surface area contributed by atoms with Gasteiger partial charge in [-0.15, -0.1) is 0 Å². The number of piperidine rings is 1. The van der Waals surface area contributed by atoms with E-state index in [4.69, 9.17) is 18.9 Å². The molecule has 0 atom stereocenters. The molecule has 0 spiro atoms. The number of rotatable bonds is 7. The van der Waals surface area contributed by atoms with Crippen LogP contribution in [0.1, 0.15) is 32.1 Å². The van der Waals surface area contributed by atoms with Gasteiger partial charge in [0.1, 0.15) is 5.75 Å². The monoisotopic (exact) mass is 390 g/mol. The van der Waals surface area contributed by atoms with Crippen molar-refractivity contribution in [1.82, 2.24) is 10.2 Å². The lowest BCUT2D eigenvalue weighted by Gasteiger charge is -2.42. The second-order valence-electron chi connectivity index (χ2n) is 8.03. The van der Waals surface area contributed by atoms with Gasteiger partial charge >= 0.3 is 0 Å². The summed E-state index contributed by atoms with van der Waals surface area (Å²) in [6, 6.07) is 5.34. The van der Waals surface area contributed by atoms with Gasteiger partial charge in [0.2, 0.25) is 6.79 Å². The summed E-state index contributed by atoms with van der Waals surface area (Å²) in [4.78, 5) is 14.9. The van der Waals surface area contributed by atoms with Gasteiger partial charge in [-0.05, 0) is 50.9 Å². The number of fused-ring (bicyclic) bond motifs is 1. The fraction of sp³-hybridized carbons (Fsp3) is 0.667. The standard InChI is InChI=1S/C21H30N2O5/c24-20(13-26-17-4-5-18-19(12-17)28-16-27-18)22-14-21(6-10-25-11-7-21)15-23-8-2-1-3-9-23/h4-5,12H,1-3,6-11,13-16H2,(H,22,24). The van der Waals surface area contributed by atoms with Crippen molar-refractivity contribution in [3.63, 3.8) is 0 Å². The van der Waals surface area contributed by atoms with Crippen LogP contribution in [0.2, 0.25) is 0 Å². The first-order valence-electron chi connectivity index (χ1n) is 10.3. The van der Waals surface area contributed by atoms with Crippen LogP contribution in [-0.4, -0.2) is 63.6 Å². The van der Waals surface area contributed by atoms with Gasteiger partial charge in [0, 0.05) is 37.8 Å². The van der Waals surface area contributed by atoms with Crippen molar-refractivity contribution in [3.05, 3.63) is 18.2 Å². The molecule has 3 aliphatic rings. The third-order valence-electron chi connectivity index (χ3n) is 5.94. The summed E-state index contributed by atoms with van der Waals surface area (Å²) < 4.78 is 21.8. The summed E-state index contributed by atoms with van der Waals surface area (Å²) in [5.41, 5.74) is 0.101. The largest absolute Gasteiger partial charge is 0.484 e. The van der Waals surface area contributed by atoms with Crippen LogP contribution in [0.15, 0.2) is 18.2 Å². The minimum Gasteiger partial charge on any atom is -0.484 e. The summed E-state index contributed by atoms with van der Waals surface area (Å²) in [7, 11) is 0. The molecule has 1 amide bonds. The third-order valence-corrected chi connectivity index (χ3v) is 5.94. The average Bonchev–Trinajstić information content (AvgIpc) is 3.20. The first-order chi connectivity index (χ1) is 13.7. The molecule has 2 fully saturated rings. The summed E-state index contributed by atoms with van der Waals surface area (Å²) >= 11 is 0. The zero-order valence-corrected chi connectivity index (χ0v) is 16.4. The van der Waals surface area contributed by atoms with E-state index in [-0.39, 0.29) is 24.7 Å². The van der Waals surface area contributed by atoms with Gasteiger partial charge < -0.3 is 29.2 Å². The van der Waals surface area contributed by atoms with Crippen LogP contribution in [0.5, 0.6) is 17.2 Å². The molecule has 3 aliphatic heterocycles. The quantitative estimate of drug-likeness (QED) is 0.770. The third kappa shape index (κ3) is 4.89. The van der Waals surface area contributed by atoms with Crippen LogP contribution < -0.4 is 19.5 Å². The molecule has 28 heavy (non-hydrogen) atoms. The number of ether oxygens (including phenoxy) is 4. The Bertz CT molecular complexity index is 669. The van der Waals surface area contributed by atoms with E-state index in [0.29, 0.717) is 23.8 Å². The van der Waals surface area contributed by atoms with E-state index >= 15 is 0 Å². The van der Waals surface area contributed by atoms with E-state index in [1.807, 2.05) is 0 Å². The highest BCUT2D eigenvalue weighted by Crippen LogP contribution is 2.35. The van der Waals surface area contributed by atoms with Gasteiger partial charge in [-0.3, -0.25) is 4.79 Å². The second kappa shape index (κ2) is 9.01. The molecule has 7 nitrogen and oxygen atoms in total. The van der Waals surface area contributed by atoms with Crippen LogP contribution in [0, 0.1) is 5.41 Å². The molecule has 0 aliphatic carbocycles. The minimum absolute atomic E-state index is 0.00403. The Balaban J connectivity index is 1.27. The average molecular weight is 390 g/mol. The second-order valence-corrected chi connectivity index (χ2v) is 8.03. The van der Waals surface area contributed by atoms with Crippen molar-refractivity contribution >= 4 is 5.91 Å². The summed E-state index contributed by atoms with van der Waals surface area (Å²) in [6.07, 6.45) is 5.88. The Labute approximate surface area is 166 Å². The van der Waals surface area contributed by atoms with Gasteiger partial charge in [0.25, 0.3) is 5.91 Å². The van der Waals surface area contributed by atoms with E-state index in [0.717, 1.165) is 32.6 Å². The van der Waals surface area contributed by atoms with Crippen molar-refractivity contribution in [2.75, 3.05) is 52.8 Å². The van der Waals surface area contributed by atoms with E-state index in [1.54, 1.807) is 18.2 Å². The molecule has 0 aromatic heterocycles. The SMILES string of the molecule is O=C(COc1ccc2c(c1)OCO2)NCC1(CN2CCCCC2)CCOCC1. The molecule has 1 aromatic carbocycles. The smallest absolute Gasteiger partial charge is 0.257 e. The van der Waals surface area contributed by atoms with Crippen molar-refractivity contribution < 1.29 is 23.7 Å². The number of nitrogens with one attached hydrogen (secondary N) is 1. The molecule has 4 rings (SSSR count). The van der Waals surface area contributed by atoms with Crippen molar-refractivity contribution in [2.45, 2.75) is 32.1 Å². The highest BCUT2D eigenvalue weighted by Gasteiger charge is 2.35. The van der Waals surface area contributed by atoms with E-state index in [1.165, 1.54) is 32.4 Å². The van der Waals surface area contributed by atoms with E-state index in [2.05, 4.69) is 10.2 Å². The summed E-state index contributed by atoms with van der Waals surface area (Å²) in [5.74, 6) is 1.87. The topological polar surface area (TPSA) is 69.3 Å². The Kier molecular flexibility index (Phi) is 6.22.